The molecule has 0 radical (unpaired) electrons. The zero-order valence-electron chi connectivity index (χ0n) is 12.6. The summed E-state index contributed by atoms with van der Waals surface area (Å²) in [4.78, 5) is 19.3. The van der Waals surface area contributed by atoms with E-state index in [-0.39, 0.29) is 5.91 Å². The maximum absolute atomic E-state index is 12.9. The molecule has 3 nitrogen and oxygen atoms in total. The number of fused-ring (bicyclic) bond motifs is 1. The number of aliphatic imine (C=N–C) groups is 1. The molecule has 0 bridgehead atoms. The molecule has 112 valence electrons. The van der Waals surface area contributed by atoms with Crippen molar-refractivity contribution in [3.8, 4) is 0 Å². The molecule has 0 atom stereocenters. The fraction of sp³-hybridized carbons (Fsp3) is 0.0526. The van der Waals surface area contributed by atoms with Crippen LogP contribution in [0.4, 0.5) is 17.1 Å². The smallest absolute Gasteiger partial charge is 0.274 e. The first-order valence-corrected chi connectivity index (χ1v) is 8.30. The van der Waals surface area contributed by atoms with Crippen LogP contribution in [0.2, 0.25) is 0 Å². The zero-order chi connectivity index (χ0) is 15.8. The van der Waals surface area contributed by atoms with Gasteiger partial charge in [-0.3, -0.25) is 9.69 Å². The van der Waals surface area contributed by atoms with Gasteiger partial charge < -0.3 is 0 Å². The van der Waals surface area contributed by atoms with E-state index >= 15 is 0 Å². The Labute approximate surface area is 138 Å². The number of thiophene rings is 1. The third-order valence-electron chi connectivity index (χ3n) is 3.81. The molecule has 0 saturated carbocycles. The number of nitrogens with zero attached hydrogens (tertiary/aromatic N) is 2. The van der Waals surface area contributed by atoms with Crippen molar-refractivity contribution >= 4 is 40.0 Å². The first-order chi connectivity index (χ1) is 11.2. The molecule has 2 aromatic carbocycles. The van der Waals surface area contributed by atoms with E-state index < -0.39 is 0 Å². The number of carbonyl (C=O) groups is 1. The Bertz CT molecular complexity index is 913. The first kappa shape index (κ1) is 13.9. The normalized spacial score (nSPS) is 15.3. The number of anilines is 2. The maximum atomic E-state index is 12.9. The van der Waals surface area contributed by atoms with E-state index in [1.807, 2.05) is 72.3 Å². The summed E-state index contributed by atoms with van der Waals surface area (Å²) < 4.78 is 0. The molecule has 1 aromatic heterocycles. The van der Waals surface area contributed by atoms with Crippen molar-refractivity contribution in [3.05, 3.63) is 76.5 Å². The van der Waals surface area contributed by atoms with E-state index in [1.165, 1.54) is 0 Å². The number of hydrogen-bond donors (Lipinski definition) is 0. The van der Waals surface area contributed by atoms with Crippen molar-refractivity contribution in [2.24, 2.45) is 4.99 Å². The number of carbonyl (C=O) groups excluding carboxylic acids is 1. The summed E-state index contributed by atoms with van der Waals surface area (Å²) in [5.41, 5.74) is 5.09. The molecule has 4 heteroatoms. The van der Waals surface area contributed by atoms with E-state index in [4.69, 9.17) is 0 Å². The summed E-state index contributed by atoms with van der Waals surface area (Å²) in [7, 11) is 0. The fourth-order valence-electron chi connectivity index (χ4n) is 2.77. The predicted molar refractivity (Wildman–Crippen MR) is 95.3 cm³/mol. The lowest BCUT2D eigenvalue weighted by molar-refractivity contribution is -0.111. The molecule has 1 aliphatic rings. The Kier molecular flexibility index (Phi) is 3.32. The van der Waals surface area contributed by atoms with Gasteiger partial charge in [-0.1, -0.05) is 30.3 Å². The molecule has 0 spiro atoms. The molecule has 1 amide bonds. The molecule has 2 heterocycles. The van der Waals surface area contributed by atoms with Crippen LogP contribution in [0.5, 0.6) is 0 Å². The van der Waals surface area contributed by atoms with Gasteiger partial charge in [-0.25, -0.2) is 4.99 Å². The Morgan fingerprint density at radius 1 is 1.04 bits per heavy atom. The average Bonchev–Trinajstić information content (AvgIpc) is 3.15. The predicted octanol–water partition coefficient (Wildman–Crippen LogP) is 4.86. The molecular weight excluding hydrogens is 304 g/mol. The van der Waals surface area contributed by atoms with Crippen molar-refractivity contribution < 1.29 is 4.79 Å². The molecule has 0 saturated heterocycles. The highest BCUT2D eigenvalue weighted by atomic mass is 32.1. The first-order valence-electron chi connectivity index (χ1n) is 7.35. The largest absolute Gasteiger partial charge is 0.282 e. The lowest BCUT2D eigenvalue weighted by Gasteiger charge is -2.14. The minimum absolute atomic E-state index is 0.0777. The number of amides is 1. The van der Waals surface area contributed by atoms with Gasteiger partial charge in [0.2, 0.25) is 0 Å². The standard InChI is InChI=1S/C19H14N2OS/c1-13-5-4-6-14(11-13)20-18-16-7-2-3-8-17(16)21(19(18)22)15-9-10-23-12-15/h2-12H,1H3. The second kappa shape index (κ2) is 5.48. The zero-order valence-corrected chi connectivity index (χ0v) is 13.4. The maximum Gasteiger partial charge on any atom is 0.282 e. The van der Waals surface area contributed by atoms with Crippen molar-refractivity contribution in [2.45, 2.75) is 6.92 Å². The van der Waals surface area contributed by atoms with Crippen molar-refractivity contribution in [1.82, 2.24) is 0 Å². The average molecular weight is 318 g/mol. The summed E-state index contributed by atoms with van der Waals surface area (Å²) in [6.07, 6.45) is 0. The summed E-state index contributed by atoms with van der Waals surface area (Å²) >= 11 is 1.58. The number of hydrogen-bond acceptors (Lipinski definition) is 3. The monoisotopic (exact) mass is 318 g/mol. The molecule has 3 aromatic rings. The van der Waals surface area contributed by atoms with Gasteiger partial charge in [-0.2, -0.15) is 11.3 Å². The quantitative estimate of drug-likeness (QED) is 0.664. The van der Waals surface area contributed by atoms with Crippen LogP contribution in [0.15, 0.2) is 70.3 Å². The Morgan fingerprint density at radius 3 is 2.70 bits per heavy atom. The lowest BCUT2D eigenvalue weighted by Crippen LogP contribution is -2.24. The van der Waals surface area contributed by atoms with Gasteiger partial charge in [0.1, 0.15) is 5.71 Å². The van der Waals surface area contributed by atoms with E-state index in [0.717, 1.165) is 28.2 Å². The highest BCUT2D eigenvalue weighted by Crippen LogP contribution is 2.37. The van der Waals surface area contributed by atoms with Crippen LogP contribution in [-0.4, -0.2) is 11.6 Å². The molecule has 0 unspecified atom stereocenters. The highest BCUT2D eigenvalue weighted by molar-refractivity contribution is 7.08. The SMILES string of the molecule is Cc1cccc(N=C2C(=O)N(c3ccsc3)c3ccccc32)c1. The van der Waals surface area contributed by atoms with Crippen LogP contribution < -0.4 is 4.90 Å². The van der Waals surface area contributed by atoms with Crippen molar-refractivity contribution in [1.29, 1.82) is 0 Å². The molecule has 23 heavy (non-hydrogen) atoms. The molecule has 1 aliphatic heterocycles. The number of aryl methyl sites for hydroxylation is 1. The van der Waals surface area contributed by atoms with Crippen LogP contribution in [0.3, 0.4) is 0 Å². The molecule has 0 N–H and O–H groups in total. The minimum Gasteiger partial charge on any atom is -0.274 e. The Balaban J connectivity index is 1.87. The topological polar surface area (TPSA) is 32.7 Å². The van der Waals surface area contributed by atoms with E-state index in [9.17, 15) is 4.79 Å². The summed E-state index contributed by atoms with van der Waals surface area (Å²) in [5, 5.41) is 3.95. The van der Waals surface area contributed by atoms with Gasteiger partial charge >= 0.3 is 0 Å². The number of benzene rings is 2. The summed E-state index contributed by atoms with van der Waals surface area (Å²) in [5.74, 6) is -0.0777. The van der Waals surface area contributed by atoms with Crippen LogP contribution >= 0.6 is 11.3 Å². The van der Waals surface area contributed by atoms with Gasteiger partial charge in [0, 0.05) is 10.9 Å². The van der Waals surface area contributed by atoms with E-state index in [2.05, 4.69) is 4.99 Å². The van der Waals surface area contributed by atoms with Crippen LogP contribution in [0.25, 0.3) is 0 Å². The number of rotatable bonds is 2. The third-order valence-corrected chi connectivity index (χ3v) is 4.48. The van der Waals surface area contributed by atoms with Gasteiger partial charge in [0.15, 0.2) is 0 Å². The summed E-state index contributed by atoms with van der Waals surface area (Å²) in [6.45, 7) is 2.02. The van der Waals surface area contributed by atoms with Gasteiger partial charge in [-0.05, 0) is 42.1 Å². The van der Waals surface area contributed by atoms with Gasteiger partial charge in [0.25, 0.3) is 5.91 Å². The van der Waals surface area contributed by atoms with E-state index in [0.29, 0.717) is 5.71 Å². The van der Waals surface area contributed by atoms with Crippen molar-refractivity contribution in [2.75, 3.05) is 4.90 Å². The summed E-state index contributed by atoms with van der Waals surface area (Å²) in [6, 6.07) is 17.6. The Morgan fingerprint density at radius 2 is 1.91 bits per heavy atom. The van der Waals surface area contributed by atoms with Crippen LogP contribution in [0, 0.1) is 6.92 Å². The molecule has 0 aliphatic carbocycles. The highest BCUT2D eigenvalue weighted by Gasteiger charge is 2.34. The van der Waals surface area contributed by atoms with E-state index in [1.54, 1.807) is 16.2 Å². The molecule has 4 rings (SSSR count). The lowest BCUT2D eigenvalue weighted by atomic mass is 10.1. The minimum atomic E-state index is -0.0777. The fourth-order valence-corrected chi connectivity index (χ4v) is 3.39. The third kappa shape index (κ3) is 2.37. The second-order valence-electron chi connectivity index (χ2n) is 5.44. The molecular formula is C19H14N2OS. The Hall–Kier alpha value is -2.72. The number of para-hydroxylation sites is 1. The van der Waals surface area contributed by atoms with Gasteiger partial charge in [0.05, 0.1) is 17.1 Å². The van der Waals surface area contributed by atoms with Crippen LogP contribution in [-0.2, 0) is 4.79 Å². The van der Waals surface area contributed by atoms with Crippen LogP contribution in [0.1, 0.15) is 11.1 Å². The van der Waals surface area contributed by atoms with Gasteiger partial charge in [-0.15, -0.1) is 0 Å². The van der Waals surface area contributed by atoms with Crippen molar-refractivity contribution in [3.63, 3.8) is 0 Å². The molecule has 0 fully saturated rings. The second-order valence-corrected chi connectivity index (χ2v) is 6.22.